The zero-order valence-corrected chi connectivity index (χ0v) is 11.4. The van der Waals surface area contributed by atoms with E-state index in [9.17, 15) is 0 Å². The van der Waals surface area contributed by atoms with E-state index in [-0.39, 0.29) is 0 Å². The maximum Gasteiger partial charge on any atom is 0.0537 e. The van der Waals surface area contributed by atoms with E-state index in [1.54, 1.807) is 5.57 Å². The minimum Gasteiger partial charge on any atom is -0.307 e. The summed E-state index contributed by atoms with van der Waals surface area (Å²) in [6.07, 6.45) is 14.2. The third kappa shape index (κ3) is 3.67. The number of rotatable bonds is 4. The van der Waals surface area contributed by atoms with Crippen LogP contribution in [-0.2, 0) is 0 Å². The summed E-state index contributed by atoms with van der Waals surface area (Å²) in [5.74, 6) is 0. The van der Waals surface area contributed by atoms with Gasteiger partial charge in [-0.3, -0.25) is 4.98 Å². The van der Waals surface area contributed by atoms with Gasteiger partial charge in [-0.25, -0.2) is 0 Å². The van der Waals surface area contributed by atoms with Gasteiger partial charge in [-0.1, -0.05) is 31.4 Å². The Morgan fingerprint density at radius 2 is 1.94 bits per heavy atom. The number of nitrogens with one attached hydrogen (secondary N) is 1. The smallest absolute Gasteiger partial charge is 0.0537 e. The largest absolute Gasteiger partial charge is 0.307 e. The molecule has 1 N–H and O–H groups in total. The Morgan fingerprint density at radius 3 is 2.72 bits per heavy atom. The van der Waals surface area contributed by atoms with Gasteiger partial charge in [-0.2, -0.15) is 0 Å². The first-order valence-electron chi connectivity index (χ1n) is 7.24. The molecule has 2 rings (SSSR count). The highest BCUT2D eigenvalue weighted by Crippen LogP contribution is 2.28. The predicted octanol–water partition coefficient (Wildman–Crippen LogP) is 4.01. The fraction of sp³-hybridized carbons (Fsp3) is 0.562. The van der Waals surface area contributed by atoms with E-state index in [0.29, 0.717) is 6.04 Å². The average Bonchev–Trinajstić information content (AvgIpc) is 2.38. The lowest BCUT2D eigenvalue weighted by Crippen LogP contribution is -2.23. The van der Waals surface area contributed by atoms with Crippen LogP contribution in [0.5, 0.6) is 0 Å². The van der Waals surface area contributed by atoms with Crippen LogP contribution in [0.15, 0.2) is 36.2 Å². The first-order chi connectivity index (χ1) is 8.92. The van der Waals surface area contributed by atoms with Gasteiger partial charge in [0.25, 0.3) is 0 Å². The monoisotopic (exact) mass is 244 g/mol. The molecule has 0 aromatic carbocycles. The summed E-state index contributed by atoms with van der Waals surface area (Å²) in [5.41, 5.74) is 2.92. The Bertz CT molecular complexity index is 370. The van der Waals surface area contributed by atoms with Crippen molar-refractivity contribution in [2.45, 2.75) is 51.5 Å². The van der Waals surface area contributed by atoms with E-state index >= 15 is 0 Å². The number of allylic oxidation sites excluding steroid dienone is 1. The van der Waals surface area contributed by atoms with Gasteiger partial charge in [-0.05, 0) is 49.9 Å². The number of likely N-dealkylation sites (N-methyl/N-ethyl adjacent to an activating group) is 1. The molecule has 0 aliphatic heterocycles. The average molecular weight is 244 g/mol. The molecule has 2 heteroatoms. The Labute approximate surface area is 111 Å². The maximum atomic E-state index is 4.12. The van der Waals surface area contributed by atoms with Crippen molar-refractivity contribution < 1.29 is 0 Å². The van der Waals surface area contributed by atoms with Crippen molar-refractivity contribution in [3.05, 3.63) is 41.7 Å². The van der Waals surface area contributed by atoms with E-state index < -0.39 is 0 Å². The van der Waals surface area contributed by atoms with Gasteiger partial charge in [0.05, 0.1) is 6.04 Å². The molecule has 1 aliphatic carbocycles. The summed E-state index contributed by atoms with van der Waals surface area (Å²) in [6, 6.07) is 4.65. The number of hydrogen-bond donors (Lipinski definition) is 1. The molecule has 98 valence electrons. The molecule has 1 aliphatic rings. The van der Waals surface area contributed by atoms with Crippen LogP contribution >= 0.6 is 0 Å². The highest BCUT2D eigenvalue weighted by Gasteiger charge is 2.15. The molecular weight excluding hydrogens is 220 g/mol. The summed E-state index contributed by atoms with van der Waals surface area (Å²) in [6.45, 7) is 3.18. The minimum absolute atomic E-state index is 0.385. The predicted molar refractivity (Wildman–Crippen MR) is 76.4 cm³/mol. The lowest BCUT2D eigenvalue weighted by Gasteiger charge is -2.23. The van der Waals surface area contributed by atoms with Crippen molar-refractivity contribution in [2.24, 2.45) is 0 Å². The molecule has 0 saturated heterocycles. The quantitative estimate of drug-likeness (QED) is 0.809. The summed E-state index contributed by atoms with van der Waals surface area (Å²) in [5, 5.41) is 3.62. The van der Waals surface area contributed by atoms with Gasteiger partial charge in [0, 0.05) is 12.4 Å². The fourth-order valence-corrected chi connectivity index (χ4v) is 2.70. The maximum absolute atomic E-state index is 4.12. The van der Waals surface area contributed by atoms with E-state index in [0.717, 1.165) is 6.54 Å². The Morgan fingerprint density at radius 1 is 1.17 bits per heavy atom. The molecule has 0 fully saturated rings. The second-order valence-corrected chi connectivity index (χ2v) is 5.00. The first kappa shape index (κ1) is 13.3. The van der Waals surface area contributed by atoms with E-state index in [1.807, 2.05) is 12.4 Å². The van der Waals surface area contributed by atoms with Gasteiger partial charge in [0.15, 0.2) is 0 Å². The molecule has 0 radical (unpaired) electrons. The molecular formula is C16H24N2. The Hall–Kier alpha value is -1.15. The Kier molecular flexibility index (Phi) is 5.40. The van der Waals surface area contributed by atoms with Crippen molar-refractivity contribution in [1.82, 2.24) is 10.3 Å². The zero-order chi connectivity index (χ0) is 12.6. The van der Waals surface area contributed by atoms with Gasteiger partial charge in [-0.15, -0.1) is 0 Å². The second-order valence-electron chi connectivity index (χ2n) is 5.00. The second kappa shape index (κ2) is 7.32. The van der Waals surface area contributed by atoms with Crippen LogP contribution in [0.2, 0.25) is 0 Å². The zero-order valence-electron chi connectivity index (χ0n) is 11.4. The van der Waals surface area contributed by atoms with E-state index in [2.05, 4.69) is 35.4 Å². The number of nitrogens with zero attached hydrogens (tertiary/aromatic N) is 1. The highest BCUT2D eigenvalue weighted by atomic mass is 14.9. The molecule has 18 heavy (non-hydrogen) atoms. The van der Waals surface area contributed by atoms with Crippen LogP contribution in [0.3, 0.4) is 0 Å². The lowest BCUT2D eigenvalue weighted by molar-refractivity contribution is 0.553. The van der Waals surface area contributed by atoms with Gasteiger partial charge < -0.3 is 5.32 Å². The molecule has 0 spiro atoms. The first-order valence-corrected chi connectivity index (χ1v) is 7.24. The molecule has 1 unspecified atom stereocenters. The molecule has 0 amide bonds. The molecule has 1 aromatic heterocycles. The number of aromatic nitrogens is 1. The molecule has 0 bridgehead atoms. The molecule has 0 saturated carbocycles. The minimum atomic E-state index is 0.385. The van der Waals surface area contributed by atoms with E-state index in [4.69, 9.17) is 0 Å². The summed E-state index contributed by atoms with van der Waals surface area (Å²) >= 11 is 0. The van der Waals surface area contributed by atoms with Crippen LogP contribution in [0, 0.1) is 0 Å². The lowest BCUT2D eigenvalue weighted by atomic mass is 9.91. The van der Waals surface area contributed by atoms with Crippen molar-refractivity contribution in [3.63, 3.8) is 0 Å². The highest BCUT2D eigenvalue weighted by molar-refractivity contribution is 5.26. The molecule has 1 atom stereocenters. The van der Waals surface area contributed by atoms with Crippen LogP contribution in [-0.4, -0.2) is 11.5 Å². The standard InChI is InChI=1S/C16H24N2/c1-2-18-16(15-10-12-17-13-11-15)14-8-6-4-3-5-7-9-14/h8,10-13,16,18H,2-7,9H2,1H3/b14-8+. The van der Waals surface area contributed by atoms with Crippen LogP contribution in [0.25, 0.3) is 0 Å². The van der Waals surface area contributed by atoms with Gasteiger partial charge >= 0.3 is 0 Å². The SMILES string of the molecule is CCNC(/C1=C/CCCCCC1)c1ccncc1. The number of hydrogen-bond acceptors (Lipinski definition) is 2. The molecule has 1 heterocycles. The van der Waals surface area contributed by atoms with E-state index in [1.165, 1.54) is 44.1 Å². The molecule has 2 nitrogen and oxygen atoms in total. The Balaban J connectivity index is 2.17. The van der Waals surface area contributed by atoms with Crippen LogP contribution < -0.4 is 5.32 Å². The topological polar surface area (TPSA) is 24.9 Å². The normalized spacial score (nSPS) is 21.5. The third-order valence-electron chi connectivity index (χ3n) is 3.64. The van der Waals surface area contributed by atoms with Gasteiger partial charge in [0.2, 0.25) is 0 Å². The van der Waals surface area contributed by atoms with Crippen molar-refractivity contribution in [3.8, 4) is 0 Å². The summed E-state index contributed by atoms with van der Waals surface area (Å²) in [4.78, 5) is 4.12. The number of pyridine rings is 1. The fourth-order valence-electron chi connectivity index (χ4n) is 2.70. The summed E-state index contributed by atoms with van der Waals surface area (Å²) < 4.78 is 0. The van der Waals surface area contributed by atoms with Gasteiger partial charge in [0.1, 0.15) is 0 Å². The van der Waals surface area contributed by atoms with Crippen LogP contribution in [0.1, 0.15) is 57.1 Å². The van der Waals surface area contributed by atoms with Crippen LogP contribution in [0.4, 0.5) is 0 Å². The third-order valence-corrected chi connectivity index (χ3v) is 3.64. The molecule has 1 aromatic rings. The van der Waals surface area contributed by atoms with Crippen molar-refractivity contribution in [2.75, 3.05) is 6.54 Å². The van der Waals surface area contributed by atoms with Crippen molar-refractivity contribution in [1.29, 1.82) is 0 Å². The summed E-state index contributed by atoms with van der Waals surface area (Å²) in [7, 11) is 0. The van der Waals surface area contributed by atoms with Crippen molar-refractivity contribution >= 4 is 0 Å².